The zero-order valence-electron chi connectivity index (χ0n) is 10.3. The zero-order valence-corrected chi connectivity index (χ0v) is 10.3. The number of aromatic hydroxyl groups is 1. The van der Waals surface area contributed by atoms with Gasteiger partial charge in [0.15, 0.2) is 11.5 Å². The Morgan fingerprint density at radius 1 is 1.55 bits per heavy atom. The van der Waals surface area contributed by atoms with E-state index in [1.54, 1.807) is 0 Å². The first kappa shape index (κ1) is 13.3. The maximum atomic E-state index is 11.2. The molecule has 0 saturated heterocycles. The molecule has 0 aliphatic carbocycles. The van der Waals surface area contributed by atoms with E-state index in [1.165, 1.54) is 19.2 Å². The Kier molecular flexibility index (Phi) is 3.46. The molecule has 0 aliphatic rings. The van der Waals surface area contributed by atoms with E-state index < -0.39 is 5.97 Å². The van der Waals surface area contributed by atoms with Crippen LogP contribution in [0.4, 0.5) is 5.95 Å². The predicted molar refractivity (Wildman–Crippen MR) is 66.8 cm³/mol. The van der Waals surface area contributed by atoms with Crippen LogP contribution in [-0.2, 0) is 0 Å². The Hall–Kier alpha value is -3.17. The summed E-state index contributed by atoms with van der Waals surface area (Å²) < 4.78 is 4.97. The lowest BCUT2D eigenvalue weighted by Gasteiger charge is -2.09. The summed E-state index contributed by atoms with van der Waals surface area (Å²) in [6, 6.07) is 2.44. The van der Waals surface area contributed by atoms with Gasteiger partial charge in [-0.25, -0.2) is 4.79 Å². The SMILES string of the molecule is COc1c(O)ccc(C(=O)O)c1/C=N/n1nnnc1N. The molecule has 2 rings (SSSR count). The van der Waals surface area contributed by atoms with Crippen LogP contribution in [0.5, 0.6) is 11.5 Å². The van der Waals surface area contributed by atoms with Crippen molar-refractivity contribution in [2.75, 3.05) is 12.8 Å². The van der Waals surface area contributed by atoms with Crippen molar-refractivity contribution in [3.8, 4) is 11.5 Å². The average Bonchev–Trinajstić information content (AvgIpc) is 2.81. The number of carboxylic acid groups (broad SMARTS) is 1. The number of tetrazole rings is 1. The lowest BCUT2D eigenvalue weighted by atomic mass is 10.1. The van der Waals surface area contributed by atoms with Gasteiger partial charge < -0.3 is 20.7 Å². The van der Waals surface area contributed by atoms with Crippen LogP contribution in [0.1, 0.15) is 15.9 Å². The number of aromatic nitrogens is 4. The van der Waals surface area contributed by atoms with Crippen molar-refractivity contribution < 1.29 is 19.7 Å². The zero-order chi connectivity index (χ0) is 14.7. The molecule has 4 N–H and O–H groups in total. The first-order chi connectivity index (χ1) is 9.54. The van der Waals surface area contributed by atoms with Gasteiger partial charge >= 0.3 is 5.97 Å². The number of nitrogen functional groups attached to an aromatic ring is 1. The number of phenols is 1. The van der Waals surface area contributed by atoms with Gasteiger partial charge in [0.05, 0.1) is 24.5 Å². The van der Waals surface area contributed by atoms with Crippen LogP contribution in [-0.4, -0.2) is 49.8 Å². The molecule has 2 aromatic rings. The van der Waals surface area contributed by atoms with Crippen molar-refractivity contribution >= 4 is 18.1 Å². The Labute approximate surface area is 112 Å². The highest BCUT2D eigenvalue weighted by Gasteiger charge is 2.17. The summed E-state index contributed by atoms with van der Waals surface area (Å²) >= 11 is 0. The molecule has 10 nitrogen and oxygen atoms in total. The Morgan fingerprint density at radius 2 is 2.30 bits per heavy atom. The van der Waals surface area contributed by atoms with Gasteiger partial charge in [0.25, 0.3) is 5.95 Å². The molecular formula is C10H10N6O4. The number of carbonyl (C=O) groups is 1. The molecule has 0 amide bonds. The summed E-state index contributed by atoms with van der Waals surface area (Å²) in [6.45, 7) is 0. The van der Waals surface area contributed by atoms with Crippen molar-refractivity contribution in [1.29, 1.82) is 0 Å². The van der Waals surface area contributed by atoms with Crippen molar-refractivity contribution in [1.82, 2.24) is 20.3 Å². The minimum Gasteiger partial charge on any atom is -0.504 e. The molecule has 104 valence electrons. The van der Waals surface area contributed by atoms with Crippen LogP contribution < -0.4 is 10.5 Å². The molecule has 0 radical (unpaired) electrons. The molecule has 0 unspecified atom stereocenters. The minimum atomic E-state index is -1.20. The standard InChI is InChI=1S/C10H10N6O4/c1-20-8-6(4-12-16-10(11)13-14-15-16)5(9(18)19)2-3-7(8)17/h2-4,17H,1H3,(H,18,19)(H2,11,13,15)/b12-4+. The normalized spacial score (nSPS) is 10.8. The van der Waals surface area contributed by atoms with E-state index in [1.807, 2.05) is 0 Å². The predicted octanol–water partition coefficient (Wildman–Crippen LogP) is -0.450. The van der Waals surface area contributed by atoms with Gasteiger partial charge in [-0.2, -0.15) is 5.10 Å². The second kappa shape index (κ2) is 5.22. The average molecular weight is 278 g/mol. The molecule has 0 aliphatic heterocycles. The Bertz CT molecular complexity index is 680. The van der Waals surface area contributed by atoms with Gasteiger partial charge in [-0.15, -0.1) is 0 Å². The highest BCUT2D eigenvalue weighted by Crippen LogP contribution is 2.31. The van der Waals surface area contributed by atoms with Crippen LogP contribution in [0.3, 0.4) is 0 Å². The summed E-state index contributed by atoms with van der Waals surface area (Å²) in [6.07, 6.45) is 1.13. The molecule has 0 spiro atoms. The molecule has 20 heavy (non-hydrogen) atoms. The third-order valence-electron chi connectivity index (χ3n) is 2.38. The summed E-state index contributed by atoms with van der Waals surface area (Å²) in [4.78, 5) is 12.1. The third kappa shape index (κ3) is 2.34. The number of rotatable bonds is 4. The largest absolute Gasteiger partial charge is 0.504 e. The molecule has 0 saturated carbocycles. The van der Waals surface area contributed by atoms with Gasteiger partial charge in [0, 0.05) is 0 Å². The molecular weight excluding hydrogens is 268 g/mol. The minimum absolute atomic E-state index is 0.0275. The fourth-order valence-corrected chi connectivity index (χ4v) is 1.50. The van der Waals surface area contributed by atoms with Crippen LogP contribution >= 0.6 is 0 Å². The monoisotopic (exact) mass is 278 g/mol. The molecule has 0 atom stereocenters. The maximum absolute atomic E-state index is 11.2. The number of nitrogens with two attached hydrogens (primary N) is 1. The molecule has 10 heteroatoms. The van der Waals surface area contributed by atoms with E-state index in [2.05, 4.69) is 20.6 Å². The number of methoxy groups -OCH3 is 1. The molecule has 1 heterocycles. The van der Waals surface area contributed by atoms with Crippen LogP contribution in [0, 0.1) is 0 Å². The lowest BCUT2D eigenvalue weighted by molar-refractivity contribution is 0.0696. The summed E-state index contributed by atoms with van der Waals surface area (Å²) in [5, 5.41) is 32.7. The number of nitrogens with zero attached hydrogens (tertiary/aromatic N) is 5. The van der Waals surface area contributed by atoms with Crippen molar-refractivity contribution in [2.24, 2.45) is 5.10 Å². The summed E-state index contributed by atoms with van der Waals surface area (Å²) in [5.74, 6) is -1.52. The number of anilines is 1. The molecule has 0 bridgehead atoms. The van der Waals surface area contributed by atoms with Crippen LogP contribution in [0.2, 0.25) is 0 Å². The quantitative estimate of drug-likeness (QED) is 0.636. The number of benzene rings is 1. The van der Waals surface area contributed by atoms with Gasteiger partial charge in [0.1, 0.15) is 0 Å². The third-order valence-corrected chi connectivity index (χ3v) is 2.38. The fourth-order valence-electron chi connectivity index (χ4n) is 1.50. The smallest absolute Gasteiger partial charge is 0.336 e. The summed E-state index contributed by atoms with van der Waals surface area (Å²) in [5.41, 5.74) is 5.38. The van der Waals surface area contributed by atoms with Crippen molar-refractivity contribution in [3.05, 3.63) is 23.3 Å². The van der Waals surface area contributed by atoms with E-state index in [9.17, 15) is 9.90 Å². The second-order valence-electron chi connectivity index (χ2n) is 3.56. The van der Waals surface area contributed by atoms with Crippen molar-refractivity contribution in [2.45, 2.75) is 0 Å². The highest BCUT2D eigenvalue weighted by atomic mass is 16.5. The van der Waals surface area contributed by atoms with Gasteiger partial charge in [-0.1, -0.05) is 9.89 Å². The number of ether oxygens (including phenoxy) is 1. The van der Waals surface area contributed by atoms with Crippen molar-refractivity contribution in [3.63, 3.8) is 0 Å². The number of hydrogen-bond donors (Lipinski definition) is 3. The lowest BCUT2D eigenvalue weighted by Crippen LogP contribution is -2.06. The van der Waals surface area contributed by atoms with Gasteiger partial charge in [0.2, 0.25) is 0 Å². The number of carboxylic acids is 1. The fraction of sp³-hybridized carbons (Fsp3) is 0.100. The summed E-state index contributed by atoms with van der Waals surface area (Å²) in [7, 11) is 1.30. The van der Waals surface area contributed by atoms with Gasteiger partial charge in [-0.3, -0.25) is 0 Å². The topological polar surface area (TPSA) is 149 Å². The van der Waals surface area contributed by atoms with E-state index >= 15 is 0 Å². The van der Waals surface area contributed by atoms with Gasteiger partial charge in [-0.05, 0) is 22.6 Å². The maximum Gasteiger partial charge on any atom is 0.336 e. The van der Waals surface area contributed by atoms with E-state index in [0.29, 0.717) is 0 Å². The van der Waals surface area contributed by atoms with E-state index in [4.69, 9.17) is 15.6 Å². The molecule has 1 aromatic heterocycles. The molecule has 0 fully saturated rings. The number of phenolic OH excluding ortho intramolecular Hbond substituents is 1. The number of hydrogen-bond acceptors (Lipinski definition) is 8. The first-order valence-electron chi connectivity index (χ1n) is 5.26. The van der Waals surface area contributed by atoms with E-state index in [-0.39, 0.29) is 28.6 Å². The first-order valence-corrected chi connectivity index (χ1v) is 5.26. The number of aromatic carboxylic acids is 1. The van der Waals surface area contributed by atoms with Crippen LogP contribution in [0.25, 0.3) is 0 Å². The van der Waals surface area contributed by atoms with Crippen LogP contribution in [0.15, 0.2) is 17.2 Å². The van der Waals surface area contributed by atoms with E-state index in [0.717, 1.165) is 11.0 Å². The molecule has 1 aromatic carbocycles. The second-order valence-corrected chi connectivity index (χ2v) is 3.56. The highest BCUT2D eigenvalue weighted by molar-refractivity contribution is 6.01. The Balaban J connectivity index is 2.54. The Morgan fingerprint density at radius 3 is 2.85 bits per heavy atom.